The fraction of sp³-hybridized carbons (Fsp3) is 0. The molecular weight excluding hydrogens is 356 g/mol. The molecule has 0 spiro atoms. The topological polar surface area (TPSA) is 100 Å². The van der Waals surface area contributed by atoms with Crippen LogP contribution in [0.2, 0.25) is 0 Å². The zero-order valence-electron chi connectivity index (χ0n) is 14.7. The maximum Gasteiger partial charge on any atom is 0.291 e. The third-order valence-corrected chi connectivity index (χ3v) is 3.92. The first kappa shape index (κ1) is 17.3. The maximum absolute atomic E-state index is 12.1. The van der Waals surface area contributed by atoms with Gasteiger partial charge in [-0.2, -0.15) is 0 Å². The molecule has 28 heavy (non-hydrogen) atoms. The number of benzene rings is 2. The molecule has 0 fully saturated rings. The Kier molecular flexibility index (Phi) is 4.71. The molecular formula is C21H16N4O3. The van der Waals surface area contributed by atoms with Crippen LogP contribution in [-0.2, 0) is 0 Å². The number of hydrogen-bond donors (Lipinski definition) is 3. The number of nitrogens with zero attached hydrogens (tertiary/aromatic N) is 2. The van der Waals surface area contributed by atoms with E-state index in [9.17, 15) is 9.90 Å². The van der Waals surface area contributed by atoms with Crippen molar-refractivity contribution in [3.05, 3.63) is 85.0 Å². The number of carbonyl (C=O) groups excluding carboxylic acids is 1. The van der Waals surface area contributed by atoms with E-state index in [1.807, 2.05) is 18.2 Å². The van der Waals surface area contributed by atoms with Gasteiger partial charge in [-0.15, -0.1) is 0 Å². The average molecular weight is 372 g/mol. The Hall–Kier alpha value is -4.13. The molecule has 0 bridgehead atoms. The standard InChI is InChI=1S/C21H16N4O3/c26-17-7-2-6-16(13-17)24-21-22-10-9-18(25-21)14-4-1-5-15(12-14)23-20(27)19-8-3-11-28-19/h1-13,26H,(H,23,27)(H,22,24,25). The molecule has 0 unspecified atom stereocenters. The lowest BCUT2D eigenvalue weighted by Gasteiger charge is -2.09. The van der Waals surface area contributed by atoms with Gasteiger partial charge in [0.15, 0.2) is 5.76 Å². The second-order valence-corrected chi connectivity index (χ2v) is 5.95. The smallest absolute Gasteiger partial charge is 0.291 e. The quantitative estimate of drug-likeness (QED) is 0.479. The van der Waals surface area contributed by atoms with Crippen LogP contribution in [-0.4, -0.2) is 21.0 Å². The predicted molar refractivity (Wildman–Crippen MR) is 106 cm³/mol. The fourth-order valence-corrected chi connectivity index (χ4v) is 2.65. The highest BCUT2D eigenvalue weighted by Crippen LogP contribution is 2.24. The molecule has 0 saturated carbocycles. The van der Waals surface area contributed by atoms with Gasteiger partial charge in [-0.1, -0.05) is 18.2 Å². The van der Waals surface area contributed by atoms with Crippen LogP contribution in [0.15, 0.2) is 83.6 Å². The minimum Gasteiger partial charge on any atom is -0.508 e. The lowest BCUT2D eigenvalue weighted by Crippen LogP contribution is -2.10. The third-order valence-electron chi connectivity index (χ3n) is 3.92. The monoisotopic (exact) mass is 372 g/mol. The molecule has 0 aliphatic heterocycles. The van der Waals surface area contributed by atoms with E-state index < -0.39 is 0 Å². The highest BCUT2D eigenvalue weighted by atomic mass is 16.3. The van der Waals surface area contributed by atoms with Crippen molar-refractivity contribution in [2.75, 3.05) is 10.6 Å². The molecule has 7 heteroatoms. The molecule has 0 aliphatic rings. The van der Waals surface area contributed by atoms with Crippen molar-refractivity contribution in [1.82, 2.24) is 9.97 Å². The number of furan rings is 1. The van der Waals surface area contributed by atoms with Crippen LogP contribution in [0, 0.1) is 0 Å². The summed E-state index contributed by atoms with van der Waals surface area (Å²) in [5.41, 5.74) is 2.81. The van der Waals surface area contributed by atoms with Gasteiger partial charge in [-0.05, 0) is 42.5 Å². The van der Waals surface area contributed by atoms with Crippen LogP contribution < -0.4 is 10.6 Å². The van der Waals surface area contributed by atoms with Gasteiger partial charge in [-0.25, -0.2) is 9.97 Å². The van der Waals surface area contributed by atoms with Crippen LogP contribution >= 0.6 is 0 Å². The normalized spacial score (nSPS) is 10.4. The van der Waals surface area contributed by atoms with Gasteiger partial charge in [0, 0.05) is 29.2 Å². The summed E-state index contributed by atoms with van der Waals surface area (Å²) in [7, 11) is 0. The van der Waals surface area contributed by atoms with Gasteiger partial charge in [0.1, 0.15) is 5.75 Å². The van der Waals surface area contributed by atoms with E-state index in [-0.39, 0.29) is 17.4 Å². The van der Waals surface area contributed by atoms with Crippen molar-refractivity contribution in [3.63, 3.8) is 0 Å². The first-order valence-electron chi connectivity index (χ1n) is 8.52. The number of nitrogens with one attached hydrogen (secondary N) is 2. The number of amides is 1. The molecule has 1 amide bonds. The Morgan fingerprint density at radius 2 is 1.82 bits per heavy atom. The highest BCUT2D eigenvalue weighted by molar-refractivity contribution is 6.02. The van der Waals surface area contributed by atoms with Crippen LogP contribution in [0.25, 0.3) is 11.3 Å². The Labute approximate surface area is 160 Å². The van der Waals surface area contributed by atoms with Crippen molar-refractivity contribution in [3.8, 4) is 17.0 Å². The number of carbonyl (C=O) groups is 1. The second-order valence-electron chi connectivity index (χ2n) is 5.95. The summed E-state index contributed by atoms with van der Waals surface area (Å²) in [6, 6.07) is 19.1. The molecule has 2 aromatic heterocycles. The van der Waals surface area contributed by atoms with Gasteiger partial charge in [0.25, 0.3) is 5.91 Å². The molecule has 0 saturated heterocycles. The largest absolute Gasteiger partial charge is 0.508 e. The van der Waals surface area contributed by atoms with Crippen LogP contribution in [0.4, 0.5) is 17.3 Å². The van der Waals surface area contributed by atoms with Gasteiger partial charge >= 0.3 is 0 Å². The van der Waals surface area contributed by atoms with E-state index in [2.05, 4.69) is 20.6 Å². The summed E-state index contributed by atoms with van der Waals surface area (Å²) >= 11 is 0. The summed E-state index contributed by atoms with van der Waals surface area (Å²) in [6.45, 7) is 0. The number of phenols is 1. The summed E-state index contributed by atoms with van der Waals surface area (Å²) in [6.07, 6.45) is 3.09. The van der Waals surface area contributed by atoms with E-state index in [1.165, 1.54) is 6.26 Å². The molecule has 7 nitrogen and oxygen atoms in total. The Bertz CT molecular complexity index is 1110. The maximum atomic E-state index is 12.1. The minimum absolute atomic E-state index is 0.154. The number of hydrogen-bond acceptors (Lipinski definition) is 6. The lowest BCUT2D eigenvalue weighted by molar-refractivity contribution is 0.0996. The van der Waals surface area contributed by atoms with Crippen LogP contribution in [0.5, 0.6) is 5.75 Å². The number of anilines is 3. The predicted octanol–water partition coefficient (Wildman–Crippen LogP) is 4.44. The zero-order chi connectivity index (χ0) is 19.3. The first-order valence-corrected chi connectivity index (χ1v) is 8.52. The molecule has 0 radical (unpaired) electrons. The zero-order valence-corrected chi connectivity index (χ0v) is 14.7. The van der Waals surface area contributed by atoms with Crippen molar-refractivity contribution in [2.24, 2.45) is 0 Å². The molecule has 4 rings (SSSR count). The Morgan fingerprint density at radius 3 is 2.64 bits per heavy atom. The third kappa shape index (κ3) is 3.99. The van der Waals surface area contributed by atoms with Crippen LogP contribution in [0.3, 0.4) is 0 Å². The molecule has 138 valence electrons. The lowest BCUT2D eigenvalue weighted by atomic mass is 10.1. The van der Waals surface area contributed by atoms with Gasteiger partial charge < -0.3 is 20.2 Å². The SMILES string of the molecule is O=C(Nc1cccc(-c2ccnc(Nc3cccc(O)c3)n2)c1)c1ccco1. The molecule has 3 N–H and O–H groups in total. The van der Waals surface area contributed by atoms with E-state index in [0.717, 1.165) is 5.56 Å². The fourth-order valence-electron chi connectivity index (χ4n) is 2.65. The Balaban J connectivity index is 1.55. The van der Waals surface area contributed by atoms with Crippen molar-refractivity contribution in [2.45, 2.75) is 0 Å². The summed E-state index contributed by atoms with van der Waals surface area (Å²) in [5.74, 6) is 0.468. The minimum atomic E-state index is -0.323. The molecule has 0 aliphatic carbocycles. The second kappa shape index (κ2) is 7.63. The van der Waals surface area contributed by atoms with Crippen LogP contribution in [0.1, 0.15) is 10.6 Å². The number of aromatic hydroxyl groups is 1. The van der Waals surface area contributed by atoms with Gasteiger partial charge in [0.2, 0.25) is 5.95 Å². The summed E-state index contributed by atoms with van der Waals surface area (Å²) in [4.78, 5) is 20.9. The highest BCUT2D eigenvalue weighted by Gasteiger charge is 2.10. The Morgan fingerprint density at radius 1 is 0.964 bits per heavy atom. The average Bonchev–Trinajstić information content (AvgIpc) is 3.24. The molecule has 4 aromatic rings. The van der Waals surface area contributed by atoms with E-state index in [0.29, 0.717) is 23.0 Å². The van der Waals surface area contributed by atoms with Crippen molar-refractivity contribution < 1.29 is 14.3 Å². The molecule has 2 heterocycles. The van der Waals surface area contributed by atoms with E-state index >= 15 is 0 Å². The van der Waals surface area contributed by atoms with E-state index in [1.54, 1.807) is 54.7 Å². The summed E-state index contributed by atoms with van der Waals surface area (Å²) in [5, 5.41) is 15.4. The van der Waals surface area contributed by atoms with Crippen molar-refractivity contribution >= 4 is 23.2 Å². The number of aromatic nitrogens is 2. The van der Waals surface area contributed by atoms with E-state index in [4.69, 9.17) is 4.42 Å². The van der Waals surface area contributed by atoms with Gasteiger partial charge in [0.05, 0.1) is 12.0 Å². The molecule has 2 aromatic carbocycles. The number of phenolic OH excluding ortho intramolecular Hbond substituents is 1. The van der Waals surface area contributed by atoms with Crippen molar-refractivity contribution in [1.29, 1.82) is 0 Å². The molecule has 0 atom stereocenters. The number of rotatable bonds is 5. The first-order chi connectivity index (χ1) is 13.7. The summed E-state index contributed by atoms with van der Waals surface area (Å²) < 4.78 is 5.10. The van der Waals surface area contributed by atoms with Gasteiger partial charge in [-0.3, -0.25) is 4.79 Å².